The molecule has 1 atom stereocenters. The van der Waals surface area contributed by atoms with Crippen LogP contribution in [0, 0.1) is 0 Å². The Bertz CT molecular complexity index is 1080. The molecule has 2 aromatic carbocycles. The number of carbonyl (C=O) groups excluding carboxylic acids is 1. The highest BCUT2D eigenvalue weighted by molar-refractivity contribution is 7.92. The molecule has 1 heterocycles. The van der Waals surface area contributed by atoms with Crippen molar-refractivity contribution in [2.75, 3.05) is 4.72 Å². The van der Waals surface area contributed by atoms with Crippen LogP contribution in [0.4, 0.5) is 5.69 Å². The van der Waals surface area contributed by atoms with Crippen molar-refractivity contribution in [3.63, 3.8) is 0 Å². The minimum atomic E-state index is -3.65. The summed E-state index contributed by atoms with van der Waals surface area (Å²) in [5.41, 5.74) is 0.865. The molecule has 1 aromatic heterocycles. The van der Waals surface area contributed by atoms with E-state index in [0.717, 1.165) is 6.42 Å². The maximum atomic E-state index is 12.4. The second-order valence-electron chi connectivity index (χ2n) is 6.71. The number of rotatable bonds is 8. The maximum absolute atomic E-state index is 12.4. The van der Waals surface area contributed by atoms with Gasteiger partial charge in [0, 0.05) is 24.0 Å². The molecule has 156 valence electrons. The van der Waals surface area contributed by atoms with Crippen molar-refractivity contribution < 1.29 is 17.9 Å². The summed E-state index contributed by atoms with van der Waals surface area (Å²) >= 11 is 0. The van der Waals surface area contributed by atoms with Crippen LogP contribution in [0.1, 0.15) is 30.6 Å². The van der Waals surface area contributed by atoms with Crippen molar-refractivity contribution in [3.8, 4) is 11.6 Å². The average Bonchev–Trinajstić information content (AvgIpc) is 2.76. The van der Waals surface area contributed by atoms with Gasteiger partial charge in [0.2, 0.25) is 5.88 Å². The van der Waals surface area contributed by atoms with E-state index < -0.39 is 10.0 Å². The molecule has 7 nitrogen and oxygen atoms in total. The number of benzene rings is 2. The Balaban J connectivity index is 1.62. The summed E-state index contributed by atoms with van der Waals surface area (Å²) in [6, 6.07) is 17.9. The van der Waals surface area contributed by atoms with Gasteiger partial charge in [-0.05, 0) is 55.8 Å². The molecule has 8 heteroatoms. The molecule has 0 fully saturated rings. The van der Waals surface area contributed by atoms with Crippen molar-refractivity contribution in [3.05, 3.63) is 78.5 Å². The van der Waals surface area contributed by atoms with Crippen LogP contribution in [0.25, 0.3) is 0 Å². The van der Waals surface area contributed by atoms with Crippen molar-refractivity contribution >= 4 is 21.6 Å². The predicted octanol–water partition coefficient (Wildman–Crippen LogP) is 4.20. The summed E-state index contributed by atoms with van der Waals surface area (Å²) in [4.78, 5) is 16.4. The maximum Gasteiger partial charge on any atom is 0.261 e. The monoisotopic (exact) mass is 425 g/mol. The third-order valence-corrected chi connectivity index (χ3v) is 5.77. The SMILES string of the molecule is CC[C@@H](C)NC(=O)c1ccc(Oc2ccc(NS(=O)(=O)c3ccccc3)cc2)nc1. The lowest BCUT2D eigenvalue weighted by Crippen LogP contribution is -2.31. The quantitative estimate of drug-likeness (QED) is 0.564. The van der Waals surface area contributed by atoms with E-state index in [1.165, 1.54) is 18.3 Å². The van der Waals surface area contributed by atoms with E-state index in [9.17, 15) is 13.2 Å². The molecule has 0 aliphatic rings. The zero-order valence-electron chi connectivity index (χ0n) is 16.7. The van der Waals surface area contributed by atoms with Crippen molar-refractivity contribution in [1.29, 1.82) is 0 Å². The molecular weight excluding hydrogens is 402 g/mol. The van der Waals surface area contributed by atoms with Gasteiger partial charge < -0.3 is 10.1 Å². The number of nitrogens with one attached hydrogen (secondary N) is 2. The lowest BCUT2D eigenvalue weighted by atomic mass is 10.2. The molecule has 3 rings (SSSR count). The van der Waals surface area contributed by atoms with Crippen LogP contribution in [0.5, 0.6) is 11.6 Å². The molecule has 0 bridgehead atoms. The second kappa shape index (κ2) is 9.41. The fraction of sp³-hybridized carbons (Fsp3) is 0.182. The lowest BCUT2D eigenvalue weighted by Gasteiger charge is -2.11. The molecule has 0 radical (unpaired) electrons. The summed E-state index contributed by atoms with van der Waals surface area (Å²) < 4.78 is 32.9. The van der Waals surface area contributed by atoms with Crippen molar-refractivity contribution in [1.82, 2.24) is 10.3 Å². The molecule has 0 aliphatic heterocycles. The van der Waals surface area contributed by atoms with Crippen LogP contribution in [0.3, 0.4) is 0 Å². The first-order chi connectivity index (χ1) is 14.4. The number of pyridine rings is 1. The molecule has 30 heavy (non-hydrogen) atoms. The lowest BCUT2D eigenvalue weighted by molar-refractivity contribution is 0.0939. The number of carbonyl (C=O) groups is 1. The molecular formula is C22H23N3O4S. The normalized spacial score (nSPS) is 12.1. The van der Waals surface area contributed by atoms with E-state index in [2.05, 4.69) is 15.0 Å². The van der Waals surface area contributed by atoms with Gasteiger partial charge >= 0.3 is 0 Å². The molecule has 1 amide bonds. The number of aromatic nitrogens is 1. The van der Waals surface area contributed by atoms with Crippen LogP contribution >= 0.6 is 0 Å². The predicted molar refractivity (Wildman–Crippen MR) is 115 cm³/mol. The van der Waals surface area contributed by atoms with Gasteiger partial charge in [0.15, 0.2) is 0 Å². The van der Waals surface area contributed by atoms with Crippen LogP contribution in [0.2, 0.25) is 0 Å². The number of sulfonamides is 1. The molecule has 0 saturated carbocycles. The Hall–Kier alpha value is -3.39. The van der Waals surface area contributed by atoms with Crippen molar-refractivity contribution in [2.24, 2.45) is 0 Å². The first kappa shape index (κ1) is 21.3. The zero-order chi connectivity index (χ0) is 21.6. The summed E-state index contributed by atoms with van der Waals surface area (Å²) in [6.45, 7) is 3.93. The number of anilines is 1. The fourth-order valence-corrected chi connectivity index (χ4v) is 3.59. The topological polar surface area (TPSA) is 97.4 Å². The number of nitrogens with zero attached hydrogens (tertiary/aromatic N) is 1. The fourth-order valence-electron chi connectivity index (χ4n) is 2.51. The van der Waals surface area contributed by atoms with Gasteiger partial charge in [-0.3, -0.25) is 9.52 Å². The summed E-state index contributed by atoms with van der Waals surface area (Å²) in [6.07, 6.45) is 2.30. The van der Waals surface area contributed by atoms with Gasteiger partial charge in [-0.15, -0.1) is 0 Å². The Morgan fingerprint density at radius 3 is 2.33 bits per heavy atom. The molecule has 2 N–H and O–H groups in total. The van der Waals surface area contributed by atoms with E-state index in [4.69, 9.17) is 4.74 Å². The third-order valence-electron chi connectivity index (χ3n) is 4.37. The zero-order valence-corrected chi connectivity index (χ0v) is 17.5. The van der Waals surface area contributed by atoms with E-state index in [1.807, 2.05) is 13.8 Å². The van der Waals surface area contributed by atoms with Crippen molar-refractivity contribution in [2.45, 2.75) is 31.2 Å². The molecule has 3 aromatic rings. The second-order valence-corrected chi connectivity index (χ2v) is 8.40. The molecule has 0 unspecified atom stereocenters. The van der Waals surface area contributed by atoms with E-state index in [-0.39, 0.29) is 16.8 Å². The molecule has 0 aliphatic carbocycles. The largest absolute Gasteiger partial charge is 0.439 e. The standard InChI is InChI=1S/C22H23N3O4S/c1-3-16(2)24-22(26)17-9-14-21(23-15-17)29-19-12-10-18(11-13-19)25-30(27,28)20-7-5-4-6-8-20/h4-16,25H,3H2,1-2H3,(H,24,26)/t16-/m1/s1. The smallest absolute Gasteiger partial charge is 0.261 e. The van der Waals surface area contributed by atoms with Gasteiger partial charge in [-0.1, -0.05) is 25.1 Å². The minimum Gasteiger partial charge on any atom is -0.439 e. The highest BCUT2D eigenvalue weighted by atomic mass is 32.2. The first-order valence-corrected chi connectivity index (χ1v) is 11.0. The van der Waals surface area contributed by atoms with Gasteiger partial charge in [0.25, 0.3) is 15.9 Å². The summed E-state index contributed by atoms with van der Waals surface area (Å²) in [5, 5.41) is 2.88. The van der Waals surface area contributed by atoms with Gasteiger partial charge in [0.05, 0.1) is 10.5 Å². The van der Waals surface area contributed by atoms with Gasteiger partial charge in [-0.25, -0.2) is 13.4 Å². The number of amides is 1. The Kier molecular flexibility index (Phi) is 6.68. The minimum absolute atomic E-state index is 0.0891. The van der Waals surface area contributed by atoms with E-state index in [0.29, 0.717) is 22.9 Å². The molecule has 0 saturated heterocycles. The Morgan fingerprint density at radius 1 is 1.03 bits per heavy atom. The van der Waals surface area contributed by atoms with Gasteiger partial charge in [0.1, 0.15) is 5.75 Å². The highest BCUT2D eigenvalue weighted by Crippen LogP contribution is 2.23. The van der Waals surface area contributed by atoms with Gasteiger partial charge in [-0.2, -0.15) is 0 Å². The first-order valence-electron chi connectivity index (χ1n) is 9.50. The highest BCUT2D eigenvalue weighted by Gasteiger charge is 2.13. The van der Waals surface area contributed by atoms with Crippen LogP contribution < -0.4 is 14.8 Å². The van der Waals surface area contributed by atoms with Crippen LogP contribution in [-0.2, 0) is 10.0 Å². The number of ether oxygens (including phenoxy) is 1. The molecule has 0 spiro atoms. The number of hydrogen-bond donors (Lipinski definition) is 2. The average molecular weight is 426 g/mol. The van der Waals surface area contributed by atoms with Crippen LogP contribution in [-0.4, -0.2) is 25.4 Å². The van der Waals surface area contributed by atoms with Crippen LogP contribution in [0.15, 0.2) is 77.8 Å². The van der Waals surface area contributed by atoms with E-state index in [1.54, 1.807) is 54.6 Å². The summed E-state index contributed by atoms with van der Waals surface area (Å²) in [5.74, 6) is 0.633. The summed E-state index contributed by atoms with van der Waals surface area (Å²) in [7, 11) is -3.65. The Morgan fingerprint density at radius 2 is 1.73 bits per heavy atom. The Labute approximate surface area is 176 Å². The third kappa shape index (κ3) is 5.57. The number of hydrogen-bond acceptors (Lipinski definition) is 5. The van der Waals surface area contributed by atoms with E-state index >= 15 is 0 Å².